The minimum Gasteiger partial charge on any atom is -0.389 e. The van der Waals surface area contributed by atoms with Crippen molar-refractivity contribution in [3.63, 3.8) is 0 Å². The molecule has 2 aromatic rings. The highest BCUT2D eigenvalue weighted by molar-refractivity contribution is 5.82. The highest BCUT2D eigenvalue weighted by atomic mass is 19.1. The van der Waals surface area contributed by atoms with Gasteiger partial charge in [0, 0.05) is 23.6 Å². The minimum atomic E-state index is -1.21. The molecule has 2 N–H and O–H groups in total. The van der Waals surface area contributed by atoms with E-state index in [1.165, 1.54) is 19.1 Å². The van der Waals surface area contributed by atoms with Crippen LogP contribution in [0.3, 0.4) is 0 Å². The number of aryl methyl sites for hydroxylation is 1. The van der Waals surface area contributed by atoms with Crippen LogP contribution in [0.4, 0.5) is 4.39 Å². The number of aromatic nitrogens is 2. The van der Waals surface area contributed by atoms with Gasteiger partial charge in [0.1, 0.15) is 11.6 Å². The van der Waals surface area contributed by atoms with Crippen LogP contribution in [-0.2, 0) is 11.2 Å². The van der Waals surface area contributed by atoms with Gasteiger partial charge in [-0.15, -0.1) is 0 Å². The molecule has 3 rings (SSSR count). The zero-order valence-corrected chi connectivity index (χ0v) is 12.9. The lowest BCUT2D eigenvalue weighted by molar-refractivity contribution is -0.130. The number of rotatable bonds is 2. The molecule has 1 aliphatic carbocycles. The topological polar surface area (TPSA) is 66.0 Å². The van der Waals surface area contributed by atoms with E-state index in [9.17, 15) is 14.3 Å². The lowest BCUT2D eigenvalue weighted by Gasteiger charge is -2.41. The average Bonchev–Trinajstić information content (AvgIpc) is 2.76. The molecule has 0 aliphatic heterocycles. The fourth-order valence-electron chi connectivity index (χ4n) is 3.74. The van der Waals surface area contributed by atoms with Crippen LogP contribution in [0, 0.1) is 18.7 Å². The van der Waals surface area contributed by atoms with Crippen molar-refractivity contribution in [1.29, 1.82) is 0 Å². The maximum Gasteiger partial charge on any atom is 0.136 e. The number of benzene rings is 1. The molecule has 5 heteroatoms. The molecule has 116 valence electrons. The van der Waals surface area contributed by atoms with Crippen LogP contribution in [0.1, 0.15) is 42.3 Å². The lowest BCUT2D eigenvalue weighted by atomic mass is 9.64. The number of ketones is 1. The number of hydrogen-bond acceptors (Lipinski definition) is 3. The molecule has 1 aromatic heterocycles. The van der Waals surface area contributed by atoms with Crippen molar-refractivity contribution in [2.75, 3.05) is 0 Å². The van der Waals surface area contributed by atoms with Crippen LogP contribution in [0.5, 0.6) is 0 Å². The Morgan fingerprint density at radius 1 is 1.50 bits per heavy atom. The number of hydrogen-bond donors (Lipinski definition) is 2. The van der Waals surface area contributed by atoms with Crippen LogP contribution in [-0.4, -0.2) is 26.7 Å². The van der Waals surface area contributed by atoms with Gasteiger partial charge < -0.3 is 5.11 Å². The largest absolute Gasteiger partial charge is 0.389 e. The summed E-state index contributed by atoms with van der Waals surface area (Å²) in [6.07, 6.45) is 0.308. The van der Waals surface area contributed by atoms with E-state index in [1.807, 2.05) is 6.92 Å². The summed E-state index contributed by atoms with van der Waals surface area (Å²) in [7, 11) is 0. The van der Waals surface area contributed by atoms with Crippen LogP contribution in [0.25, 0.3) is 0 Å². The molecule has 4 nitrogen and oxygen atoms in total. The second-order valence-electron chi connectivity index (χ2n) is 6.36. The minimum absolute atomic E-state index is 0.106. The number of Topliss-reactive ketones (excluding diaryl/α,β-unsaturated/α-hetero) is 1. The summed E-state index contributed by atoms with van der Waals surface area (Å²) in [5.41, 5.74) is 1.97. The normalized spacial score (nSPS) is 27.5. The van der Waals surface area contributed by atoms with Gasteiger partial charge in [-0.3, -0.25) is 9.89 Å². The molecule has 0 radical (unpaired) electrons. The van der Waals surface area contributed by atoms with Gasteiger partial charge >= 0.3 is 0 Å². The zero-order valence-electron chi connectivity index (χ0n) is 12.9. The quantitative estimate of drug-likeness (QED) is 0.896. The first kappa shape index (κ1) is 14.9. The standard InChI is InChI=1S/C17H19FN2O2/c1-9-14-13(20-19-9)8-17(3,22)16(10(2)21)15(14)11-5-4-6-12(18)7-11/h4-7,15-16,22H,8H2,1-3H3,(H,19,20)/t15-,16+,17+/m1/s1. The third-order valence-corrected chi connectivity index (χ3v) is 4.56. The highest BCUT2D eigenvalue weighted by Gasteiger charge is 2.48. The van der Waals surface area contributed by atoms with Gasteiger partial charge in [0.15, 0.2) is 0 Å². The Labute approximate surface area is 128 Å². The molecule has 0 saturated carbocycles. The first-order chi connectivity index (χ1) is 10.3. The summed E-state index contributed by atoms with van der Waals surface area (Å²) in [6, 6.07) is 6.22. The summed E-state index contributed by atoms with van der Waals surface area (Å²) in [5.74, 6) is -1.48. The second-order valence-corrected chi connectivity index (χ2v) is 6.36. The van der Waals surface area contributed by atoms with E-state index in [2.05, 4.69) is 10.2 Å². The average molecular weight is 302 g/mol. The van der Waals surface area contributed by atoms with E-state index in [4.69, 9.17) is 0 Å². The van der Waals surface area contributed by atoms with Crippen molar-refractivity contribution in [3.05, 3.63) is 52.6 Å². The first-order valence-corrected chi connectivity index (χ1v) is 7.33. The Bertz CT molecular complexity index is 736. The molecule has 0 spiro atoms. The number of H-pyrrole nitrogens is 1. The summed E-state index contributed by atoms with van der Waals surface area (Å²) < 4.78 is 13.7. The van der Waals surface area contributed by atoms with Gasteiger partial charge in [-0.1, -0.05) is 12.1 Å². The van der Waals surface area contributed by atoms with Crippen LogP contribution < -0.4 is 0 Å². The van der Waals surface area contributed by atoms with Gasteiger partial charge in [0.05, 0.1) is 17.2 Å². The molecule has 3 atom stereocenters. The molecule has 22 heavy (non-hydrogen) atoms. The smallest absolute Gasteiger partial charge is 0.136 e. The first-order valence-electron chi connectivity index (χ1n) is 7.33. The second kappa shape index (κ2) is 5.02. The Morgan fingerprint density at radius 3 is 2.86 bits per heavy atom. The summed E-state index contributed by atoms with van der Waals surface area (Å²) >= 11 is 0. The van der Waals surface area contributed by atoms with Gasteiger partial charge in [-0.2, -0.15) is 5.10 Å². The number of carbonyl (C=O) groups excluding carboxylic acids is 1. The fraction of sp³-hybridized carbons (Fsp3) is 0.412. The molecule has 1 aromatic carbocycles. The Kier molecular flexibility index (Phi) is 3.40. The van der Waals surface area contributed by atoms with Crippen LogP contribution >= 0.6 is 0 Å². The van der Waals surface area contributed by atoms with E-state index < -0.39 is 17.4 Å². The summed E-state index contributed by atoms with van der Waals surface area (Å²) in [4.78, 5) is 12.2. The SMILES string of the molecule is CC(=O)[C@H]1[C@H](c2cccc(F)c2)c2c(n[nH]c2C)C[C@]1(C)O. The maximum absolute atomic E-state index is 13.7. The molecule has 0 bridgehead atoms. The van der Waals surface area contributed by atoms with Gasteiger partial charge in [-0.05, 0) is 38.5 Å². The number of nitrogens with one attached hydrogen (secondary N) is 1. The van der Waals surface area contributed by atoms with E-state index in [-0.39, 0.29) is 11.6 Å². The number of halogens is 1. The maximum atomic E-state index is 13.7. The van der Waals surface area contributed by atoms with Crippen molar-refractivity contribution < 1.29 is 14.3 Å². The summed E-state index contributed by atoms with van der Waals surface area (Å²) in [5, 5.41) is 18.0. The Hall–Kier alpha value is -2.01. The molecule has 1 heterocycles. The third kappa shape index (κ3) is 2.25. The molecule has 0 amide bonds. The molecule has 1 aliphatic rings. The summed E-state index contributed by atoms with van der Waals surface area (Å²) in [6.45, 7) is 5.01. The van der Waals surface area contributed by atoms with Crippen molar-refractivity contribution in [2.45, 2.75) is 38.7 Å². The molecule has 0 fully saturated rings. The van der Waals surface area contributed by atoms with E-state index in [0.29, 0.717) is 12.0 Å². The molecule has 0 unspecified atom stereocenters. The van der Waals surface area contributed by atoms with Crippen molar-refractivity contribution in [1.82, 2.24) is 10.2 Å². The number of fused-ring (bicyclic) bond motifs is 1. The number of aromatic amines is 1. The number of nitrogens with zero attached hydrogens (tertiary/aromatic N) is 1. The predicted octanol–water partition coefficient (Wildman–Crippen LogP) is 2.50. The van der Waals surface area contributed by atoms with E-state index in [1.54, 1.807) is 19.1 Å². The molecular formula is C17H19FN2O2. The van der Waals surface area contributed by atoms with Crippen molar-refractivity contribution in [3.8, 4) is 0 Å². The monoisotopic (exact) mass is 302 g/mol. The van der Waals surface area contributed by atoms with Crippen LogP contribution in [0.15, 0.2) is 24.3 Å². The van der Waals surface area contributed by atoms with Crippen LogP contribution in [0.2, 0.25) is 0 Å². The Balaban J connectivity index is 2.25. The van der Waals surface area contributed by atoms with Gasteiger partial charge in [0.2, 0.25) is 0 Å². The fourth-order valence-corrected chi connectivity index (χ4v) is 3.74. The third-order valence-electron chi connectivity index (χ3n) is 4.56. The lowest BCUT2D eigenvalue weighted by Crippen LogP contribution is -2.48. The molecule has 0 saturated heterocycles. The predicted molar refractivity (Wildman–Crippen MR) is 80.1 cm³/mol. The van der Waals surface area contributed by atoms with Gasteiger partial charge in [0.25, 0.3) is 0 Å². The number of carbonyl (C=O) groups is 1. The van der Waals surface area contributed by atoms with Gasteiger partial charge in [-0.25, -0.2) is 4.39 Å². The molecular weight excluding hydrogens is 283 g/mol. The van der Waals surface area contributed by atoms with Crippen molar-refractivity contribution in [2.24, 2.45) is 5.92 Å². The number of aliphatic hydroxyl groups is 1. The van der Waals surface area contributed by atoms with E-state index >= 15 is 0 Å². The van der Waals surface area contributed by atoms with E-state index in [0.717, 1.165) is 17.0 Å². The Morgan fingerprint density at radius 2 is 2.23 bits per heavy atom. The zero-order chi connectivity index (χ0) is 16.1. The highest BCUT2D eigenvalue weighted by Crippen LogP contribution is 2.46. The van der Waals surface area contributed by atoms with Crippen molar-refractivity contribution >= 4 is 5.78 Å².